The Morgan fingerprint density at radius 1 is 1.03 bits per heavy atom. The Morgan fingerprint density at radius 2 is 1.70 bits per heavy atom. The summed E-state index contributed by atoms with van der Waals surface area (Å²) in [6.07, 6.45) is 1.10. The van der Waals surface area contributed by atoms with E-state index in [1.807, 2.05) is 60.7 Å². The van der Waals surface area contributed by atoms with Crippen molar-refractivity contribution in [3.63, 3.8) is 0 Å². The van der Waals surface area contributed by atoms with E-state index < -0.39 is 10.8 Å². The number of aldehydes is 1. The Hall–Kier alpha value is -4.00. The van der Waals surface area contributed by atoms with Gasteiger partial charge in [0, 0.05) is 11.6 Å². The summed E-state index contributed by atoms with van der Waals surface area (Å²) < 4.78 is 5.38. The summed E-state index contributed by atoms with van der Waals surface area (Å²) >= 11 is 0. The second-order valence-corrected chi connectivity index (χ2v) is 6.61. The fraction of sp³-hybridized carbons (Fsp3) is 0.130. The van der Waals surface area contributed by atoms with Crippen molar-refractivity contribution in [1.29, 1.82) is 0 Å². The lowest BCUT2D eigenvalue weighted by molar-refractivity contribution is -0.385. The summed E-state index contributed by atoms with van der Waals surface area (Å²) in [6, 6.07) is 22.9. The molecule has 0 unspecified atom stereocenters. The largest absolute Gasteiger partial charge is 0.477 e. The van der Waals surface area contributed by atoms with E-state index in [9.17, 15) is 19.7 Å². The average molecular weight is 404 g/mol. The maximum absolute atomic E-state index is 12.5. The van der Waals surface area contributed by atoms with Crippen molar-refractivity contribution in [2.24, 2.45) is 0 Å². The Bertz CT molecular complexity index is 1020. The fourth-order valence-electron chi connectivity index (χ4n) is 3.04. The van der Waals surface area contributed by atoms with E-state index in [0.717, 1.165) is 17.2 Å². The standard InChI is InChI=1S/C23H20N2O5/c26-15-18-11-12-22(21(14-18)25(28)29)30-16-23(27)24-20(19-9-5-2-6-10-19)13-17-7-3-1-4-8-17/h1-12,14-15,20H,13,16H2,(H,24,27)/t20-/m0/s1. The molecular formula is C23H20N2O5. The van der Waals surface area contributed by atoms with Gasteiger partial charge in [0.1, 0.15) is 6.29 Å². The van der Waals surface area contributed by atoms with Crippen LogP contribution < -0.4 is 10.1 Å². The van der Waals surface area contributed by atoms with Crippen molar-refractivity contribution in [1.82, 2.24) is 5.32 Å². The topological polar surface area (TPSA) is 98.5 Å². The van der Waals surface area contributed by atoms with Crippen LogP contribution in [0.2, 0.25) is 0 Å². The highest BCUT2D eigenvalue weighted by Crippen LogP contribution is 2.27. The first-order chi connectivity index (χ1) is 14.6. The van der Waals surface area contributed by atoms with Gasteiger partial charge in [-0.25, -0.2) is 0 Å². The molecule has 0 saturated carbocycles. The predicted octanol–water partition coefficient (Wildman–Crippen LogP) is 3.89. The monoisotopic (exact) mass is 404 g/mol. The van der Waals surface area contributed by atoms with Gasteiger partial charge in [0.2, 0.25) is 0 Å². The van der Waals surface area contributed by atoms with Gasteiger partial charge in [0.05, 0.1) is 11.0 Å². The highest BCUT2D eigenvalue weighted by Gasteiger charge is 2.19. The van der Waals surface area contributed by atoms with Gasteiger partial charge in [-0.1, -0.05) is 60.7 Å². The Balaban J connectivity index is 1.71. The maximum Gasteiger partial charge on any atom is 0.311 e. The van der Waals surface area contributed by atoms with Gasteiger partial charge in [-0.05, 0) is 29.7 Å². The number of nitrogens with one attached hydrogen (secondary N) is 1. The first kappa shape index (κ1) is 20.7. The summed E-state index contributed by atoms with van der Waals surface area (Å²) in [5.41, 5.74) is 1.80. The third kappa shape index (κ3) is 5.51. The maximum atomic E-state index is 12.5. The number of carbonyl (C=O) groups is 2. The van der Waals surface area contributed by atoms with E-state index >= 15 is 0 Å². The number of hydrogen-bond donors (Lipinski definition) is 1. The number of rotatable bonds is 9. The van der Waals surface area contributed by atoms with Gasteiger partial charge in [0.25, 0.3) is 5.91 Å². The van der Waals surface area contributed by atoms with E-state index in [0.29, 0.717) is 12.7 Å². The summed E-state index contributed by atoms with van der Waals surface area (Å²) in [5.74, 6) is -0.478. The van der Waals surface area contributed by atoms with Gasteiger partial charge >= 0.3 is 5.69 Å². The molecule has 0 bridgehead atoms. The number of ether oxygens (including phenoxy) is 1. The fourth-order valence-corrected chi connectivity index (χ4v) is 3.04. The van der Waals surface area contributed by atoms with Crippen LogP contribution in [0.3, 0.4) is 0 Å². The summed E-state index contributed by atoms with van der Waals surface area (Å²) in [5, 5.41) is 14.1. The van der Waals surface area contributed by atoms with Gasteiger partial charge in [-0.2, -0.15) is 0 Å². The lowest BCUT2D eigenvalue weighted by Crippen LogP contribution is -2.33. The molecule has 7 nitrogen and oxygen atoms in total. The molecule has 0 spiro atoms. The van der Waals surface area contributed by atoms with Crippen molar-refractivity contribution in [3.8, 4) is 5.75 Å². The second kappa shape index (κ2) is 9.97. The van der Waals surface area contributed by atoms with Crippen molar-refractivity contribution in [2.75, 3.05) is 6.61 Å². The zero-order valence-electron chi connectivity index (χ0n) is 16.1. The molecule has 0 saturated heterocycles. The number of nitro benzene ring substituents is 1. The third-order valence-corrected chi connectivity index (χ3v) is 4.49. The summed E-state index contributed by atoms with van der Waals surface area (Å²) in [7, 11) is 0. The summed E-state index contributed by atoms with van der Waals surface area (Å²) in [4.78, 5) is 33.9. The van der Waals surface area contributed by atoms with Crippen LogP contribution in [0.15, 0.2) is 78.9 Å². The zero-order valence-corrected chi connectivity index (χ0v) is 16.1. The average Bonchev–Trinajstić information content (AvgIpc) is 2.78. The van der Waals surface area contributed by atoms with Crippen LogP contribution >= 0.6 is 0 Å². The molecule has 1 amide bonds. The molecule has 0 aliphatic rings. The third-order valence-electron chi connectivity index (χ3n) is 4.49. The molecule has 152 valence electrons. The highest BCUT2D eigenvalue weighted by molar-refractivity contribution is 5.79. The molecule has 7 heteroatoms. The Kier molecular flexibility index (Phi) is 6.89. The minimum Gasteiger partial charge on any atom is -0.477 e. The molecule has 0 radical (unpaired) electrons. The molecule has 1 N–H and O–H groups in total. The molecule has 1 atom stereocenters. The molecule has 0 heterocycles. The van der Waals surface area contributed by atoms with Crippen LogP contribution in [-0.4, -0.2) is 23.7 Å². The van der Waals surface area contributed by atoms with Crippen LogP contribution in [-0.2, 0) is 11.2 Å². The normalized spacial score (nSPS) is 11.3. The van der Waals surface area contributed by atoms with Crippen molar-refractivity contribution in [3.05, 3.63) is 106 Å². The number of amides is 1. The smallest absolute Gasteiger partial charge is 0.311 e. The van der Waals surface area contributed by atoms with E-state index in [-0.39, 0.29) is 29.6 Å². The van der Waals surface area contributed by atoms with Gasteiger partial charge in [0.15, 0.2) is 12.4 Å². The minimum atomic E-state index is -0.650. The Labute approximate surface area is 173 Å². The van der Waals surface area contributed by atoms with Crippen molar-refractivity contribution >= 4 is 17.9 Å². The summed E-state index contributed by atoms with van der Waals surface area (Å²) in [6.45, 7) is -0.389. The van der Waals surface area contributed by atoms with Gasteiger partial charge in [-0.15, -0.1) is 0 Å². The predicted molar refractivity (Wildman–Crippen MR) is 111 cm³/mol. The highest BCUT2D eigenvalue weighted by atomic mass is 16.6. The zero-order chi connectivity index (χ0) is 21.3. The number of hydrogen-bond acceptors (Lipinski definition) is 5. The molecule has 0 aliphatic heterocycles. The van der Waals surface area contributed by atoms with Crippen LogP contribution in [0.25, 0.3) is 0 Å². The molecule has 0 aliphatic carbocycles. The van der Waals surface area contributed by atoms with E-state index in [4.69, 9.17) is 4.74 Å². The molecule has 0 fully saturated rings. The molecule has 3 aromatic carbocycles. The van der Waals surface area contributed by atoms with Crippen molar-refractivity contribution < 1.29 is 19.2 Å². The number of benzene rings is 3. The Morgan fingerprint density at radius 3 is 2.33 bits per heavy atom. The van der Waals surface area contributed by atoms with E-state index in [2.05, 4.69) is 5.32 Å². The van der Waals surface area contributed by atoms with Gasteiger partial charge in [-0.3, -0.25) is 19.7 Å². The van der Waals surface area contributed by atoms with Crippen molar-refractivity contribution in [2.45, 2.75) is 12.5 Å². The molecular weight excluding hydrogens is 384 g/mol. The molecule has 3 rings (SSSR count). The van der Waals surface area contributed by atoms with E-state index in [1.165, 1.54) is 12.1 Å². The SMILES string of the molecule is O=Cc1ccc(OCC(=O)N[C@@H](Cc2ccccc2)c2ccccc2)c([N+](=O)[O-])c1. The van der Waals surface area contributed by atoms with Crippen LogP contribution in [0.5, 0.6) is 5.75 Å². The first-order valence-electron chi connectivity index (χ1n) is 9.31. The lowest BCUT2D eigenvalue weighted by Gasteiger charge is -2.19. The van der Waals surface area contributed by atoms with Gasteiger partial charge < -0.3 is 10.1 Å². The minimum absolute atomic E-state index is 0.0694. The number of carbonyl (C=O) groups excluding carboxylic acids is 2. The second-order valence-electron chi connectivity index (χ2n) is 6.61. The van der Waals surface area contributed by atoms with Crippen LogP contribution in [0, 0.1) is 10.1 Å². The van der Waals surface area contributed by atoms with Crippen LogP contribution in [0.1, 0.15) is 27.5 Å². The first-order valence-corrected chi connectivity index (χ1v) is 9.31. The molecule has 3 aromatic rings. The van der Waals surface area contributed by atoms with Crippen LogP contribution in [0.4, 0.5) is 5.69 Å². The molecule has 30 heavy (non-hydrogen) atoms. The molecule has 0 aromatic heterocycles. The quantitative estimate of drug-likeness (QED) is 0.331. The van der Waals surface area contributed by atoms with E-state index in [1.54, 1.807) is 0 Å². The lowest BCUT2D eigenvalue weighted by atomic mass is 9.99. The number of nitrogens with zero attached hydrogens (tertiary/aromatic N) is 1. The number of nitro groups is 1.